The van der Waals surface area contributed by atoms with Crippen LogP contribution in [0.5, 0.6) is 11.5 Å². The van der Waals surface area contributed by atoms with Crippen LogP contribution in [0.3, 0.4) is 0 Å². The van der Waals surface area contributed by atoms with Crippen LogP contribution in [0.2, 0.25) is 0 Å². The number of aryl methyl sites for hydroxylation is 2. The Labute approximate surface area is 174 Å². The molecule has 0 atom stereocenters. The standard InChI is InChI=1S/C23H22N2O3S/c1-15-6-8-18(11-16(15)2)29-22-19(5-4-10-24-22)23(26)25(3)13-17-7-9-20-21(12-17)28-14-27-20/h4-12H,13-14H2,1-3H3. The average Bonchev–Trinajstić information content (AvgIpc) is 3.18. The second-order valence-electron chi connectivity index (χ2n) is 7.05. The summed E-state index contributed by atoms with van der Waals surface area (Å²) in [5.41, 5.74) is 4.05. The number of aromatic nitrogens is 1. The summed E-state index contributed by atoms with van der Waals surface area (Å²) in [5.74, 6) is 1.39. The second kappa shape index (κ2) is 8.17. The van der Waals surface area contributed by atoms with E-state index in [1.54, 1.807) is 24.2 Å². The fourth-order valence-electron chi connectivity index (χ4n) is 3.11. The summed E-state index contributed by atoms with van der Waals surface area (Å²) in [5, 5.41) is 0.707. The van der Waals surface area contributed by atoms with Gasteiger partial charge in [0.05, 0.1) is 5.56 Å². The van der Waals surface area contributed by atoms with Gasteiger partial charge in [-0.25, -0.2) is 4.98 Å². The third-order valence-corrected chi connectivity index (χ3v) is 5.91. The molecule has 3 aromatic rings. The first-order chi connectivity index (χ1) is 14.0. The van der Waals surface area contributed by atoms with Crippen molar-refractivity contribution in [2.24, 2.45) is 0 Å². The van der Waals surface area contributed by atoms with Crippen molar-refractivity contribution in [1.82, 2.24) is 9.88 Å². The number of hydrogen-bond acceptors (Lipinski definition) is 5. The van der Waals surface area contributed by atoms with E-state index in [-0.39, 0.29) is 12.7 Å². The molecule has 148 valence electrons. The SMILES string of the molecule is Cc1ccc(Sc2ncccc2C(=O)N(C)Cc2ccc3c(c2)OCO3)cc1C. The topological polar surface area (TPSA) is 51.7 Å². The Hall–Kier alpha value is -2.99. The molecule has 1 aliphatic heterocycles. The number of ether oxygens (including phenoxy) is 2. The van der Waals surface area contributed by atoms with Gasteiger partial charge in [-0.2, -0.15) is 0 Å². The van der Waals surface area contributed by atoms with E-state index in [1.807, 2.05) is 24.3 Å². The fraction of sp³-hybridized carbons (Fsp3) is 0.217. The monoisotopic (exact) mass is 406 g/mol. The van der Waals surface area contributed by atoms with Gasteiger partial charge in [-0.3, -0.25) is 4.79 Å². The number of benzene rings is 2. The summed E-state index contributed by atoms with van der Waals surface area (Å²) in [6, 6.07) is 15.6. The Morgan fingerprint density at radius 2 is 1.90 bits per heavy atom. The number of pyridine rings is 1. The molecule has 0 saturated carbocycles. The highest BCUT2D eigenvalue weighted by Gasteiger charge is 2.19. The van der Waals surface area contributed by atoms with Crippen LogP contribution in [-0.2, 0) is 6.54 Å². The number of fused-ring (bicyclic) bond motifs is 1. The molecule has 0 spiro atoms. The minimum Gasteiger partial charge on any atom is -0.454 e. The van der Waals surface area contributed by atoms with Crippen molar-refractivity contribution in [1.29, 1.82) is 0 Å². The van der Waals surface area contributed by atoms with Crippen LogP contribution < -0.4 is 9.47 Å². The molecular weight excluding hydrogens is 384 g/mol. The summed E-state index contributed by atoms with van der Waals surface area (Å²) in [6.07, 6.45) is 1.72. The van der Waals surface area contributed by atoms with E-state index >= 15 is 0 Å². The van der Waals surface area contributed by atoms with Crippen molar-refractivity contribution >= 4 is 17.7 Å². The molecule has 0 saturated heterocycles. The van der Waals surface area contributed by atoms with Gasteiger partial charge >= 0.3 is 0 Å². The first-order valence-corrected chi connectivity index (χ1v) is 10.2. The molecule has 4 rings (SSSR count). The summed E-state index contributed by atoms with van der Waals surface area (Å²) in [4.78, 5) is 20.4. The summed E-state index contributed by atoms with van der Waals surface area (Å²) >= 11 is 1.51. The lowest BCUT2D eigenvalue weighted by Crippen LogP contribution is -2.26. The van der Waals surface area contributed by atoms with E-state index in [9.17, 15) is 4.79 Å². The smallest absolute Gasteiger partial charge is 0.256 e. The lowest BCUT2D eigenvalue weighted by molar-refractivity contribution is 0.0780. The van der Waals surface area contributed by atoms with Gasteiger partial charge < -0.3 is 14.4 Å². The van der Waals surface area contributed by atoms with Crippen molar-refractivity contribution < 1.29 is 14.3 Å². The van der Waals surface area contributed by atoms with E-state index in [1.165, 1.54) is 22.9 Å². The Bertz CT molecular complexity index is 1070. The van der Waals surface area contributed by atoms with E-state index in [0.717, 1.165) is 22.0 Å². The van der Waals surface area contributed by atoms with Crippen LogP contribution in [0.4, 0.5) is 0 Å². The number of rotatable bonds is 5. The minimum atomic E-state index is -0.0675. The number of carbonyl (C=O) groups is 1. The normalized spacial score (nSPS) is 12.1. The highest BCUT2D eigenvalue weighted by molar-refractivity contribution is 7.99. The van der Waals surface area contributed by atoms with Gasteiger partial charge in [0, 0.05) is 24.7 Å². The van der Waals surface area contributed by atoms with Crippen LogP contribution in [0.25, 0.3) is 0 Å². The number of nitrogens with zero attached hydrogens (tertiary/aromatic N) is 2. The quantitative estimate of drug-likeness (QED) is 0.606. The third kappa shape index (κ3) is 4.22. The van der Waals surface area contributed by atoms with Gasteiger partial charge in [0.25, 0.3) is 5.91 Å². The molecule has 1 aromatic heterocycles. The molecule has 0 aliphatic carbocycles. The predicted octanol–water partition coefficient (Wildman–Crippen LogP) is 4.85. The third-order valence-electron chi connectivity index (χ3n) is 4.90. The van der Waals surface area contributed by atoms with Crippen LogP contribution >= 0.6 is 11.8 Å². The van der Waals surface area contributed by atoms with Crippen LogP contribution in [0.15, 0.2) is 64.6 Å². The maximum absolute atomic E-state index is 13.1. The van der Waals surface area contributed by atoms with E-state index in [2.05, 4.69) is 37.0 Å². The first-order valence-electron chi connectivity index (χ1n) is 9.35. The van der Waals surface area contributed by atoms with Gasteiger partial charge in [-0.15, -0.1) is 0 Å². The lowest BCUT2D eigenvalue weighted by atomic mass is 10.1. The maximum atomic E-state index is 13.1. The zero-order valence-corrected chi connectivity index (χ0v) is 17.5. The van der Waals surface area contributed by atoms with Crippen molar-refractivity contribution in [2.75, 3.05) is 13.8 Å². The highest BCUT2D eigenvalue weighted by atomic mass is 32.2. The number of carbonyl (C=O) groups excluding carboxylic acids is 1. The van der Waals surface area contributed by atoms with Crippen LogP contribution in [-0.4, -0.2) is 29.6 Å². The van der Waals surface area contributed by atoms with Crippen molar-refractivity contribution in [3.63, 3.8) is 0 Å². The zero-order chi connectivity index (χ0) is 20.4. The summed E-state index contributed by atoms with van der Waals surface area (Å²) in [6.45, 7) is 4.88. The van der Waals surface area contributed by atoms with Crippen molar-refractivity contribution in [3.8, 4) is 11.5 Å². The highest BCUT2D eigenvalue weighted by Crippen LogP contribution is 2.33. The van der Waals surface area contributed by atoms with Gasteiger partial charge in [-0.1, -0.05) is 23.9 Å². The Morgan fingerprint density at radius 3 is 2.72 bits per heavy atom. The van der Waals surface area contributed by atoms with Crippen molar-refractivity contribution in [2.45, 2.75) is 30.3 Å². The predicted molar refractivity (Wildman–Crippen MR) is 113 cm³/mol. The Kier molecular flexibility index (Phi) is 5.45. The lowest BCUT2D eigenvalue weighted by Gasteiger charge is -2.19. The molecular formula is C23H22N2O3S. The molecule has 0 N–H and O–H groups in total. The molecule has 0 unspecified atom stereocenters. The van der Waals surface area contributed by atoms with Gasteiger partial charge in [-0.05, 0) is 66.9 Å². The van der Waals surface area contributed by atoms with Crippen LogP contribution in [0, 0.1) is 13.8 Å². The fourth-order valence-corrected chi connectivity index (χ4v) is 4.09. The molecule has 5 nitrogen and oxygen atoms in total. The van der Waals surface area contributed by atoms with Gasteiger partial charge in [0.15, 0.2) is 11.5 Å². The van der Waals surface area contributed by atoms with Gasteiger partial charge in [0.2, 0.25) is 6.79 Å². The molecule has 29 heavy (non-hydrogen) atoms. The summed E-state index contributed by atoms with van der Waals surface area (Å²) < 4.78 is 10.8. The van der Waals surface area contributed by atoms with E-state index in [4.69, 9.17) is 9.47 Å². The number of amides is 1. The molecule has 2 aromatic carbocycles. The van der Waals surface area contributed by atoms with E-state index < -0.39 is 0 Å². The first kappa shape index (κ1) is 19.3. The largest absolute Gasteiger partial charge is 0.454 e. The Balaban J connectivity index is 1.53. The maximum Gasteiger partial charge on any atom is 0.256 e. The Morgan fingerprint density at radius 1 is 1.07 bits per heavy atom. The van der Waals surface area contributed by atoms with E-state index in [0.29, 0.717) is 17.1 Å². The summed E-state index contributed by atoms with van der Waals surface area (Å²) in [7, 11) is 1.80. The van der Waals surface area contributed by atoms with Gasteiger partial charge in [0.1, 0.15) is 5.03 Å². The molecule has 1 amide bonds. The molecule has 0 bridgehead atoms. The molecule has 6 heteroatoms. The average molecular weight is 407 g/mol. The molecule has 0 fully saturated rings. The molecule has 0 radical (unpaired) electrons. The number of hydrogen-bond donors (Lipinski definition) is 0. The molecule has 2 heterocycles. The molecule has 1 aliphatic rings. The van der Waals surface area contributed by atoms with Crippen molar-refractivity contribution in [3.05, 3.63) is 77.0 Å². The zero-order valence-electron chi connectivity index (χ0n) is 16.6. The van der Waals surface area contributed by atoms with Crippen LogP contribution in [0.1, 0.15) is 27.0 Å². The second-order valence-corrected chi connectivity index (χ2v) is 8.12. The minimum absolute atomic E-state index is 0.0675.